The van der Waals surface area contributed by atoms with Gasteiger partial charge in [0.05, 0.1) is 7.11 Å². The summed E-state index contributed by atoms with van der Waals surface area (Å²) >= 11 is 0. The number of carbonyl (C=O) groups is 1. The van der Waals surface area contributed by atoms with E-state index in [9.17, 15) is 4.79 Å². The second kappa shape index (κ2) is 6.27. The summed E-state index contributed by atoms with van der Waals surface area (Å²) in [5.41, 5.74) is 0.286. The van der Waals surface area contributed by atoms with Crippen LogP contribution in [0.5, 0.6) is 5.75 Å². The van der Waals surface area contributed by atoms with Gasteiger partial charge >= 0.3 is 5.97 Å². The Morgan fingerprint density at radius 2 is 2.20 bits per heavy atom. The molecule has 1 fully saturated rings. The lowest BCUT2D eigenvalue weighted by atomic mass is 9.91. The molecule has 2 rings (SSSR count). The Morgan fingerprint density at radius 3 is 2.85 bits per heavy atom. The van der Waals surface area contributed by atoms with E-state index >= 15 is 0 Å². The molecule has 4 heteroatoms. The van der Waals surface area contributed by atoms with Crippen LogP contribution in [-0.2, 0) is 9.53 Å². The molecule has 0 aromatic heterocycles. The number of hydrogen-bond donors (Lipinski definition) is 1. The van der Waals surface area contributed by atoms with E-state index in [0.29, 0.717) is 11.7 Å². The minimum absolute atomic E-state index is 0.373. The number of piperidine rings is 1. The van der Waals surface area contributed by atoms with Gasteiger partial charge < -0.3 is 14.8 Å². The summed E-state index contributed by atoms with van der Waals surface area (Å²) < 4.78 is 10.6. The summed E-state index contributed by atoms with van der Waals surface area (Å²) in [6, 6.07) is 8.01. The first-order valence-corrected chi connectivity index (χ1v) is 7.11. The van der Waals surface area contributed by atoms with Crippen molar-refractivity contribution >= 4 is 5.97 Å². The van der Waals surface area contributed by atoms with Crippen LogP contribution in [0.15, 0.2) is 24.3 Å². The first-order chi connectivity index (χ1) is 9.53. The number of ether oxygens (including phenoxy) is 2. The molecule has 1 aromatic carbocycles. The maximum absolute atomic E-state index is 11.7. The van der Waals surface area contributed by atoms with Crippen LogP contribution in [-0.4, -0.2) is 31.8 Å². The number of rotatable bonds is 4. The molecule has 1 heterocycles. The maximum atomic E-state index is 11.7. The van der Waals surface area contributed by atoms with Gasteiger partial charge in [0, 0.05) is 6.54 Å². The van der Waals surface area contributed by atoms with E-state index in [1.807, 2.05) is 18.2 Å². The lowest BCUT2D eigenvalue weighted by molar-refractivity contribution is -0.156. The van der Waals surface area contributed by atoms with Gasteiger partial charge in [-0.15, -0.1) is 0 Å². The maximum Gasteiger partial charge on any atom is 0.349 e. The molecule has 0 spiro atoms. The van der Waals surface area contributed by atoms with Gasteiger partial charge in [0.1, 0.15) is 5.75 Å². The van der Waals surface area contributed by atoms with Gasteiger partial charge in [-0.25, -0.2) is 4.79 Å². The van der Waals surface area contributed by atoms with Crippen molar-refractivity contribution in [2.45, 2.75) is 38.2 Å². The zero-order valence-electron chi connectivity index (χ0n) is 12.4. The van der Waals surface area contributed by atoms with Crippen molar-refractivity contribution in [3.8, 4) is 5.75 Å². The number of methoxy groups -OCH3 is 1. The molecule has 1 aliphatic heterocycles. The fourth-order valence-electron chi connectivity index (χ4n) is 2.55. The summed E-state index contributed by atoms with van der Waals surface area (Å²) in [4.78, 5) is 11.7. The van der Waals surface area contributed by atoms with Crippen molar-refractivity contribution < 1.29 is 14.3 Å². The third kappa shape index (κ3) is 3.51. The van der Waals surface area contributed by atoms with Gasteiger partial charge in [0.2, 0.25) is 0 Å². The molecule has 1 aliphatic rings. The van der Waals surface area contributed by atoms with Crippen LogP contribution in [0.1, 0.15) is 38.2 Å². The van der Waals surface area contributed by atoms with Gasteiger partial charge in [0.25, 0.3) is 0 Å². The summed E-state index contributed by atoms with van der Waals surface area (Å²) in [7, 11) is 1.37. The fourth-order valence-corrected chi connectivity index (χ4v) is 2.55. The Morgan fingerprint density at radius 1 is 1.40 bits per heavy atom. The molecule has 4 nitrogen and oxygen atoms in total. The van der Waals surface area contributed by atoms with Crippen LogP contribution < -0.4 is 10.1 Å². The second-order valence-electron chi connectivity index (χ2n) is 5.72. The molecule has 0 amide bonds. The van der Waals surface area contributed by atoms with E-state index in [1.165, 1.54) is 25.5 Å². The Bertz CT molecular complexity index is 465. The highest BCUT2D eigenvalue weighted by Gasteiger charge is 2.31. The quantitative estimate of drug-likeness (QED) is 0.859. The Labute approximate surface area is 120 Å². The van der Waals surface area contributed by atoms with Crippen molar-refractivity contribution in [3.63, 3.8) is 0 Å². The molecule has 0 radical (unpaired) electrons. The van der Waals surface area contributed by atoms with Crippen LogP contribution in [0.2, 0.25) is 0 Å². The second-order valence-corrected chi connectivity index (χ2v) is 5.72. The molecular weight excluding hydrogens is 254 g/mol. The molecular formula is C16H23NO3. The number of nitrogens with one attached hydrogen (secondary N) is 1. The van der Waals surface area contributed by atoms with Crippen LogP contribution in [0.4, 0.5) is 0 Å². The number of benzene rings is 1. The van der Waals surface area contributed by atoms with Crippen molar-refractivity contribution in [2.24, 2.45) is 0 Å². The predicted octanol–water partition coefficient (Wildman–Crippen LogP) is 2.48. The average Bonchev–Trinajstić information content (AvgIpc) is 2.47. The largest absolute Gasteiger partial charge is 0.476 e. The minimum Gasteiger partial charge on any atom is -0.476 e. The number of hydrogen-bond acceptors (Lipinski definition) is 4. The van der Waals surface area contributed by atoms with E-state index < -0.39 is 5.60 Å². The number of carbonyl (C=O) groups excluding carboxylic acids is 1. The highest BCUT2D eigenvalue weighted by atomic mass is 16.6. The Balaban J connectivity index is 2.11. The van der Waals surface area contributed by atoms with Crippen LogP contribution in [0.25, 0.3) is 0 Å². The molecule has 0 aliphatic carbocycles. The number of esters is 1. The third-order valence-corrected chi connectivity index (χ3v) is 3.68. The smallest absolute Gasteiger partial charge is 0.349 e. The first kappa shape index (κ1) is 14.9. The fraction of sp³-hybridized carbons (Fsp3) is 0.562. The molecule has 0 saturated carbocycles. The minimum atomic E-state index is -0.974. The predicted molar refractivity (Wildman–Crippen MR) is 78.0 cm³/mol. The highest BCUT2D eigenvalue weighted by molar-refractivity contribution is 5.78. The molecule has 1 atom stereocenters. The van der Waals surface area contributed by atoms with E-state index in [1.54, 1.807) is 13.8 Å². The normalized spacial score (nSPS) is 19.4. The van der Waals surface area contributed by atoms with Gasteiger partial charge in [0.15, 0.2) is 5.60 Å². The van der Waals surface area contributed by atoms with E-state index in [4.69, 9.17) is 9.47 Å². The monoisotopic (exact) mass is 277 g/mol. The third-order valence-electron chi connectivity index (χ3n) is 3.68. The highest BCUT2D eigenvalue weighted by Crippen LogP contribution is 2.28. The van der Waals surface area contributed by atoms with Gasteiger partial charge in [-0.05, 0) is 56.8 Å². The van der Waals surface area contributed by atoms with Crippen LogP contribution >= 0.6 is 0 Å². The summed E-state index contributed by atoms with van der Waals surface area (Å²) in [5.74, 6) is 0.860. The van der Waals surface area contributed by atoms with Crippen molar-refractivity contribution in [1.82, 2.24) is 5.32 Å². The Kier molecular flexibility index (Phi) is 4.65. The molecule has 1 N–H and O–H groups in total. The topological polar surface area (TPSA) is 47.6 Å². The summed E-state index contributed by atoms with van der Waals surface area (Å²) in [6.07, 6.45) is 2.39. The van der Waals surface area contributed by atoms with Crippen LogP contribution in [0, 0.1) is 0 Å². The standard InChI is InChI=1S/C16H23NO3/c1-16(2,15(18)19-3)20-14-8-4-6-12(10-14)13-7-5-9-17-11-13/h4,6,8,10,13,17H,5,7,9,11H2,1-3H3. The van der Waals surface area contributed by atoms with Gasteiger partial charge in [-0.3, -0.25) is 0 Å². The average molecular weight is 277 g/mol. The zero-order valence-corrected chi connectivity index (χ0v) is 12.4. The van der Waals surface area contributed by atoms with Crippen molar-refractivity contribution in [1.29, 1.82) is 0 Å². The lowest BCUT2D eigenvalue weighted by Gasteiger charge is -2.26. The van der Waals surface area contributed by atoms with E-state index in [2.05, 4.69) is 11.4 Å². The Hall–Kier alpha value is -1.55. The van der Waals surface area contributed by atoms with E-state index in [-0.39, 0.29) is 5.97 Å². The summed E-state index contributed by atoms with van der Waals surface area (Å²) in [5, 5.41) is 3.41. The van der Waals surface area contributed by atoms with Gasteiger partial charge in [-0.2, -0.15) is 0 Å². The molecule has 1 aromatic rings. The first-order valence-electron chi connectivity index (χ1n) is 7.11. The summed E-state index contributed by atoms with van der Waals surface area (Å²) in [6.45, 7) is 5.53. The molecule has 1 saturated heterocycles. The van der Waals surface area contributed by atoms with Crippen molar-refractivity contribution in [2.75, 3.05) is 20.2 Å². The van der Waals surface area contributed by atoms with Crippen LogP contribution in [0.3, 0.4) is 0 Å². The zero-order chi connectivity index (χ0) is 14.6. The van der Waals surface area contributed by atoms with E-state index in [0.717, 1.165) is 13.1 Å². The van der Waals surface area contributed by atoms with Gasteiger partial charge in [-0.1, -0.05) is 12.1 Å². The molecule has 110 valence electrons. The van der Waals surface area contributed by atoms with Crippen molar-refractivity contribution in [3.05, 3.63) is 29.8 Å². The SMILES string of the molecule is COC(=O)C(C)(C)Oc1cccc(C2CCCNC2)c1. The molecule has 1 unspecified atom stereocenters. The molecule has 0 bridgehead atoms. The lowest BCUT2D eigenvalue weighted by Crippen LogP contribution is -2.39. The molecule has 20 heavy (non-hydrogen) atoms.